The number of halogens is 1. The van der Waals surface area contributed by atoms with Crippen LogP contribution in [-0.2, 0) is 6.42 Å². The van der Waals surface area contributed by atoms with E-state index in [0.717, 1.165) is 4.57 Å². The normalized spacial score (nSPS) is 11.2. The van der Waals surface area contributed by atoms with Crippen molar-refractivity contribution < 1.29 is 4.39 Å². The van der Waals surface area contributed by atoms with Gasteiger partial charge in [0.2, 0.25) is 0 Å². The quantitative estimate of drug-likeness (QED) is 0.518. The lowest BCUT2D eigenvalue weighted by Crippen LogP contribution is -2.34. The van der Waals surface area contributed by atoms with Crippen LogP contribution in [0.4, 0.5) is 4.39 Å². The summed E-state index contributed by atoms with van der Waals surface area (Å²) in [5.74, 6) is -0.359. The lowest BCUT2D eigenvalue weighted by molar-refractivity contribution is 0.626. The van der Waals surface area contributed by atoms with Crippen LogP contribution in [0.25, 0.3) is 16.9 Å². The SMILES string of the molecule is O=c1[nH]c2nc[nH]c2c(=O)n1-c1cn[nH]c1Cc1cccc(F)c1. The van der Waals surface area contributed by atoms with Crippen molar-refractivity contribution in [1.29, 1.82) is 0 Å². The number of aromatic amines is 3. The zero-order valence-corrected chi connectivity index (χ0v) is 12.2. The third-order valence-corrected chi connectivity index (χ3v) is 3.69. The van der Waals surface area contributed by atoms with Crippen LogP contribution in [0, 0.1) is 5.82 Å². The van der Waals surface area contributed by atoms with E-state index in [4.69, 9.17) is 0 Å². The molecule has 0 aliphatic rings. The average molecular weight is 326 g/mol. The second-order valence-corrected chi connectivity index (χ2v) is 5.24. The Morgan fingerprint density at radius 1 is 1.25 bits per heavy atom. The Balaban J connectivity index is 1.86. The van der Waals surface area contributed by atoms with Crippen LogP contribution in [0.5, 0.6) is 0 Å². The molecular formula is C15H11FN6O2. The third-order valence-electron chi connectivity index (χ3n) is 3.69. The molecule has 0 saturated heterocycles. The molecule has 0 atom stereocenters. The van der Waals surface area contributed by atoms with Gasteiger partial charge in [-0.05, 0) is 17.7 Å². The highest BCUT2D eigenvalue weighted by atomic mass is 19.1. The molecule has 3 N–H and O–H groups in total. The molecule has 8 nitrogen and oxygen atoms in total. The Morgan fingerprint density at radius 3 is 2.96 bits per heavy atom. The van der Waals surface area contributed by atoms with Gasteiger partial charge in [0.15, 0.2) is 5.65 Å². The van der Waals surface area contributed by atoms with Gasteiger partial charge < -0.3 is 4.98 Å². The Bertz CT molecular complexity index is 1150. The highest BCUT2D eigenvalue weighted by Gasteiger charge is 2.16. The minimum Gasteiger partial charge on any atom is -0.339 e. The second kappa shape index (κ2) is 5.30. The molecule has 0 amide bonds. The number of imidazole rings is 1. The van der Waals surface area contributed by atoms with Crippen molar-refractivity contribution in [3.05, 3.63) is 74.7 Å². The van der Waals surface area contributed by atoms with Crippen LogP contribution in [0.15, 0.2) is 46.4 Å². The zero-order chi connectivity index (χ0) is 16.7. The molecule has 3 heterocycles. The highest BCUT2D eigenvalue weighted by Crippen LogP contribution is 2.14. The maximum absolute atomic E-state index is 13.3. The zero-order valence-electron chi connectivity index (χ0n) is 12.2. The van der Waals surface area contributed by atoms with E-state index < -0.39 is 11.2 Å². The Labute approximate surface area is 133 Å². The van der Waals surface area contributed by atoms with E-state index in [1.807, 2.05) is 0 Å². The third kappa shape index (κ3) is 2.22. The molecule has 0 spiro atoms. The fourth-order valence-corrected chi connectivity index (χ4v) is 2.61. The molecule has 3 aromatic heterocycles. The number of hydrogen-bond acceptors (Lipinski definition) is 4. The van der Waals surface area contributed by atoms with E-state index in [1.165, 1.54) is 24.7 Å². The van der Waals surface area contributed by atoms with E-state index >= 15 is 0 Å². The summed E-state index contributed by atoms with van der Waals surface area (Å²) in [6, 6.07) is 6.07. The summed E-state index contributed by atoms with van der Waals surface area (Å²) in [6.07, 6.45) is 3.00. The van der Waals surface area contributed by atoms with Crippen molar-refractivity contribution in [2.75, 3.05) is 0 Å². The lowest BCUT2D eigenvalue weighted by Gasteiger charge is -2.06. The highest BCUT2D eigenvalue weighted by molar-refractivity contribution is 5.68. The van der Waals surface area contributed by atoms with Gasteiger partial charge in [0, 0.05) is 6.42 Å². The number of fused-ring (bicyclic) bond motifs is 1. The van der Waals surface area contributed by atoms with Gasteiger partial charge >= 0.3 is 5.69 Å². The molecule has 1 aromatic carbocycles. The molecule has 0 aliphatic carbocycles. The number of aromatic nitrogens is 6. The van der Waals surface area contributed by atoms with Crippen LogP contribution in [0.1, 0.15) is 11.3 Å². The first-order chi connectivity index (χ1) is 11.6. The van der Waals surface area contributed by atoms with E-state index in [2.05, 4.69) is 25.1 Å². The van der Waals surface area contributed by atoms with E-state index in [9.17, 15) is 14.0 Å². The number of benzene rings is 1. The molecule has 0 fully saturated rings. The minimum atomic E-state index is -0.624. The van der Waals surface area contributed by atoms with Crippen molar-refractivity contribution in [2.24, 2.45) is 0 Å². The summed E-state index contributed by atoms with van der Waals surface area (Å²) in [5, 5.41) is 6.67. The molecule has 0 saturated carbocycles. The van der Waals surface area contributed by atoms with Gasteiger partial charge in [0.25, 0.3) is 5.56 Å². The molecule has 4 aromatic rings. The van der Waals surface area contributed by atoms with Gasteiger partial charge in [-0.15, -0.1) is 0 Å². The van der Waals surface area contributed by atoms with Gasteiger partial charge in [-0.25, -0.2) is 18.7 Å². The van der Waals surface area contributed by atoms with Crippen molar-refractivity contribution in [2.45, 2.75) is 6.42 Å². The summed E-state index contributed by atoms with van der Waals surface area (Å²) >= 11 is 0. The molecule has 9 heteroatoms. The summed E-state index contributed by atoms with van der Waals surface area (Å²) in [4.78, 5) is 33.9. The standard InChI is InChI=1S/C15H11FN6O2/c16-9-3-1-2-8(4-9)5-10-11(6-19-21-10)22-14(23)12-13(18-7-17-12)20-15(22)24/h1-4,6-7H,5H2,(H,17,18)(H,19,21)(H,20,24). The minimum absolute atomic E-state index is 0.188. The number of nitrogens with zero attached hydrogens (tertiary/aromatic N) is 3. The molecule has 4 rings (SSSR count). The average Bonchev–Trinajstić information content (AvgIpc) is 3.17. The molecular weight excluding hydrogens is 315 g/mol. The lowest BCUT2D eigenvalue weighted by atomic mass is 10.1. The maximum atomic E-state index is 13.3. The van der Waals surface area contributed by atoms with Gasteiger partial charge in [-0.2, -0.15) is 5.10 Å². The van der Waals surface area contributed by atoms with Gasteiger partial charge in [-0.1, -0.05) is 12.1 Å². The Kier molecular flexibility index (Phi) is 3.12. The van der Waals surface area contributed by atoms with Gasteiger partial charge in [0.05, 0.1) is 23.9 Å². The predicted octanol–water partition coefficient (Wildman–Crippen LogP) is 0.855. The van der Waals surface area contributed by atoms with Crippen molar-refractivity contribution in [3.8, 4) is 5.69 Å². The first-order valence-electron chi connectivity index (χ1n) is 7.09. The van der Waals surface area contributed by atoms with Crippen LogP contribution < -0.4 is 11.2 Å². The smallest absolute Gasteiger partial charge is 0.334 e. The molecule has 0 radical (unpaired) electrons. The Hall–Kier alpha value is -3.49. The number of nitrogens with one attached hydrogen (secondary N) is 3. The summed E-state index contributed by atoms with van der Waals surface area (Å²) in [6.45, 7) is 0. The fraction of sp³-hybridized carbons (Fsp3) is 0.0667. The van der Waals surface area contributed by atoms with E-state index in [-0.39, 0.29) is 17.0 Å². The van der Waals surface area contributed by atoms with Gasteiger partial charge in [0.1, 0.15) is 11.3 Å². The maximum Gasteiger partial charge on any atom is 0.334 e. The van der Waals surface area contributed by atoms with E-state index in [0.29, 0.717) is 23.4 Å². The van der Waals surface area contributed by atoms with Gasteiger partial charge in [-0.3, -0.25) is 14.9 Å². The summed E-state index contributed by atoms with van der Waals surface area (Å²) < 4.78 is 14.3. The summed E-state index contributed by atoms with van der Waals surface area (Å²) in [5.41, 5.74) is 0.736. The second-order valence-electron chi connectivity index (χ2n) is 5.24. The molecule has 0 aliphatic heterocycles. The molecule has 0 bridgehead atoms. The summed E-state index contributed by atoms with van der Waals surface area (Å²) in [7, 11) is 0. The van der Waals surface area contributed by atoms with Crippen molar-refractivity contribution in [1.82, 2.24) is 29.7 Å². The van der Waals surface area contributed by atoms with Crippen molar-refractivity contribution in [3.63, 3.8) is 0 Å². The van der Waals surface area contributed by atoms with Crippen LogP contribution in [0.3, 0.4) is 0 Å². The predicted molar refractivity (Wildman–Crippen MR) is 83.7 cm³/mol. The number of H-pyrrole nitrogens is 3. The fourth-order valence-electron chi connectivity index (χ4n) is 2.61. The monoisotopic (exact) mass is 326 g/mol. The molecule has 120 valence electrons. The van der Waals surface area contributed by atoms with Crippen molar-refractivity contribution >= 4 is 11.2 Å². The topological polar surface area (TPSA) is 112 Å². The molecule has 0 unspecified atom stereocenters. The first-order valence-corrected chi connectivity index (χ1v) is 7.09. The van der Waals surface area contributed by atoms with Crippen LogP contribution >= 0.6 is 0 Å². The largest absolute Gasteiger partial charge is 0.339 e. The van der Waals surface area contributed by atoms with Crippen LogP contribution in [-0.4, -0.2) is 29.7 Å². The first kappa shape index (κ1) is 14.1. The molecule has 24 heavy (non-hydrogen) atoms. The van der Waals surface area contributed by atoms with Crippen LogP contribution in [0.2, 0.25) is 0 Å². The number of hydrogen-bond donors (Lipinski definition) is 3. The number of rotatable bonds is 3. The van der Waals surface area contributed by atoms with E-state index in [1.54, 1.807) is 12.1 Å². The Morgan fingerprint density at radius 2 is 2.12 bits per heavy atom.